The van der Waals surface area contributed by atoms with E-state index in [1.807, 2.05) is 0 Å². The topological polar surface area (TPSA) is 12.5 Å². The third kappa shape index (κ3) is 2.46. The van der Waals surface area contributed by atoms with Gasteiger partial charge in [-0.2, -0.15) is 0 Å². The Morgan fingerprint density at radius 2 is 1.75 bits per heavy atom. The largest absolute Gasteiger partial charge is 0.371 e. The molecule has 0 aromatic carbocycles. The van der Waals surface area contributed by atoms with Gasteiger partial charge >= 0.3 is 0 Å². The summed E-state index contributed by atoms with van der Waals surface area (Å²) in [4.78, 5) is 2.26. The third-order valence-corrected chi connectivity index (χ3v) is 2.34. The lowest BCUT2D eigenvalue weighted by molar-refractivity contribution is -0.128. The molecule has 2 nitrogen and oxygen atoms in total. The highest BCUT2D eigenvalue weighted by molar-refractivity contribution is 4.89. The van der Waals surface area contributed by atoms with Gasteiger partial charge in [0, 0.05) is 6.04 Å². The van der Waals surface area contributed by atoms with E-state index in [0.717, 1.165) is 0 Å². The maximum Gasteiger partial charge on any atom is 0.0737 e. The second-order valence-electron chi connectivity index (χ2n) is 4.88. The van der Waals surface area contributed by atoms with Crippen molar-refractivity contribution in [1.82, 2.24) is 4.90 Å². The van der Waals surface area contributed by atoms with Gasteiger partial charge < -0.3 is 9.64 Å². The number of likely N-dealkylation sites (N-methyl/N-ethyl adjacent to an activating group) is 1. The Hall–Kier alpha value is -0.0800. The van der Waals surface area contributed by atoms with Crippen molar-refractivity contribution >= 4 is 0 Å². The summed E-state index contributed by atoms with van der Waals surface area (Å²) in [5.74, 6) is 0. The molecule has 0 radical (unpaired) electrons. The van der Waals surface area contributed by atoms with Crippen LogP contribution in [0.5, 0.6) is 0 Å². The fourth-order valence-corrected chi connectivity index (χ4v) is 1.63. The van der Waals surface area contributed by atoms with Crippen molar-refractivity contribution < 1.29 is 4.74 Å². The number of nitrogens with zero attached hydrogens (tertiary/aromatic N) is 1. The predicted octanol–water partition coefficient (Wildman–Crippen LogP) is 1.89. The monoisotopic (exact) mass is 171 g/mol. The molecule has 0 aliphatic heterocycles. The summed E-state index contributed by atoms with van der Waals surface area (Å²) >= 11 is 0. The zero-order chi connectivity index (χ0) is 9.35. The Bertz CT molecular complexity index is 148. The van der Waals surface area contributed by atoms with Crippen LogP contribution in [-0.2, 0) is 4.74 Å². The Kier molecular flexibility index (Phi) is 2.79. The van der Waals surface area contributed by atoms with Gasteiger partial charge in [0.15, 0.2) is 0 Å². The molecule has 1 aliphatic rings. The van der Waals surface area contributed by atoms with Crippen molar-refractivity contribution in [3.05, 3.63) is 0 Å². The number of rotatable bonds is 2. The fourth-order valence-electron chi connectivity index (χ4n) is 1.63. The molecule has 1 aliphatic carbocycles. The Morgan fingerprint density at radius 1 is 1.17 bits per heavy atom. The molecule has 0 amide bonds. The Labute approximate surface area is 75.9 Å². The number of ether oxygens (including phenoxy) is 1. The quantitative estimate of drug-likeness (QED) is 0.629. The van der Waals surface area contributed by atoms with E-state index in [4.69, 9.17) is 4.74 Å². The normalized spacial score (nSPS) is 30.5. The highest BCUT2D eigenvalue weighted by Gasteiger charge is 2.35. The van der Waals surface area contributed by atoms with E-state index in [0.29, 0.717) is 12.1 Å². The Balaban J connectivity index is 2.35. The number of hydrogen-bond donors (Lipinski definition) is 0. The van der Waals surface area contributed by atoms with Crippen LogP contribution in [0.3, 0.4) is 0 Å². The van der Waals surface area contributed by atoms with Crippen molar-refractivity contribution in [3.8, 4) is 0 Å². The fraction of sp³-hybridized carbons (Fsp3) is 1.00. The number of hydrogen-bond acceptors (Lipinski definition) is 2. The zero-order valence-corrected chi connectivity index (χ0v) is 8.92. The third-order valence-electron chi connectivity index (χ3n) is 2.34. The summed E-state index contributed by atoms with van der Waals surface area (Å²) in [6.45, 7) is 6.37. The van der Waals surface area contributed by atoms with E-state index in [1.165, 1.54) is 12.8 Å². The van der Waals surface area contributed by atoms with Gasteiger partial charge in [0.1, 0.15) is 0 Å². The molecule has 72 valence electrons. The molecule has 0 bridgehead atoms. The lowest BCUT2D eigenvalue weighted by atomic mass is 9.87. The van der Waals surface area contributed by atoms with Gasteiger partial charge in [0.05, 0.1) is 11.7 Å². The van der Waals surface area contributed by atoms with Crippen LogP contribution in [0.4, 0.5) is 0 Å². The highest BCUT2D eigenvalue weighted by atomic mass is 16.5. The molecule has 2 atom stereocenters. The molecule has 0 N–H and O–H groups in total. The highest BCUT2D eigenvalue weighted by Crippen LogP contribution is 2.30. The average Bonchev–Trinajstić information content (AvgIpc) is 1.77. The Morgan fingerprint density at radius 3 is 2.00 bits per heavy atom. The molecular formula is C10H21NO. The minimum Gasteiger partial charge on any atom is -0.371 e. The van der Waals surface area contributed by atoms with Crippen molar-refractivity contribution in [2.45, 2.75) is 51.4 Å². The molecule has 0 heterocycles. The summed E-state index contributed by atoms with van der Waals surface area (Å²) in [7, 11) is 4.26. The lowest BCUT2D eigenvalue weighted by Crippen LogP contribution is -2.51. The van der Waals surface area contributed by atoms with Crippen LogP contribution in [0.15, 0.2) is 0 Å². The molecule has 0 aromatic heterocycles. The van der Waals surface area contributed by atoms with Gasteiger partial charge in [0.2, 0.25) is 0 Å². The minimum absolute atomic E-state index is 0.0132. The smallest absolute Gasteiger partial charge is 0.0737 e. The molecule has 0 spiro atoms. The maximum absolute atomic E-state index is 5.91. The van der Waals surface area contributed by atoms with Crippen LogP contribution in [0.2, 0.25) is 0 Å². The summed E-state index contributed by atoms with van der Waals surface area (Å²) in [6, 6.07) is 0.643. The van der Waals surface area contributed by atoms with Crippen molar-refractivity contribution in [1.29, 1.82) is 0 Å². The SMILES string of the molecule is CN(C)C1CCC1OC(C)(C)C. The molecule has 1 rings (SSSR count). The molecule has 2 unspecified atom stereocenters. The van der Waals surface area contributed by atoms with Gasteiger partial charge in [-0.25, -0.2) is 0 Å². The molecular weight excluding hydrogens is 150 g/mol. The first-order valence-corrected chi connectivity index (χ1v) is 4.74. The molecule has 0 aromatic rings. The van der Waals surface area contributed by atoms with Gasteiger partial charge in [0.25, 0.3) is 0 Å². The van der Waals surface area contributed by atoms with Crippen LogP contribution >= 0.6 is 0 Å². The van der Waals surface area contributed by atoms with Crippen molar-refractivity contribution in [3.63, 3.8) is 0 Å². The minimum atomic E-state index is 0.0132. The van der Waals surface area contributed by atoms with Gasteiger partial charge in [-0.3, -0.25) is 0 Å². The molecule has 1 saturated carbocycles. The molecule has 0 saturated heterocycles. The van der Waals surface area contributed by atoms with Crippen molar-refractivity contribution in [2.24, 2.45) is 0 Å². The van der Waals surface area contributed by atoms with Gasteiger partial charge in [-0.1, -0.05) is 0 Å². The van der Waals surface area contributed by atoms with Crippen molar-refractivity contribution in [2.75, 3.05) is 14.1 Å². The van der Waals surface area contributed by atoms with Crippen LogP contribution in [0, 0.1) is 0 Å². The lowest BCUT2D eigenvalue weighted by Gasteiger charge is -2.43. The second kappa shape index (κ2) is 3.35. The summed E-state index contributed by atoms with van der Waals surface area (Å²) in [6.07, 6.45) is 2.97. The predicted molar refractivity (Wildman–Crippen MR) is 51.3 cm³/mol. The van der Waals surface area contributed by atoms with Crippen LogP contribution < -0.4 is 0 Å². The first-order valence-electron chi connectivity index (χ1n) is 4.74. The maximum atomic E-state index is 5.91. The summed E-state index contributed by atoms with van der Waals surface area (Å²) < 4.78 is 5.91. The molecule has 2 heteroatoms. The standard InChI is InChI=1S/C10H21NO/c1-10(2,3)12-9-7-6-8(9)11(4)5/h8-9H,6-7H2,1-5H3. The van der Waals surface area contributed by atoms with Crippen LogP contribution in [-0.4, -0.2) is 36.7 Å². The van der Waals surface area contributed by atoms with E-state index in [2.05, 4.69) is 39.8 Å². The van der Waals surface area contributed by atoms with E-state index >= 15 is 0 Å². The average molecular weight is 171 g/mol. The first-order chi connectivity index (χ1) is 5.40. The zero-order valence-electron chi connectivity index (χ0n) is 8.92. The second-order valence-corrected chi connectivity index (χ2v) is 4.88. The van der Waals surface area contributed by atoms with Gasteiger partial charge in [-0.05, 0) is 47.7 Å². The van der Waals surface area contributed by atoms with Crippen LogP contribution in [0.25, 0.3) is 0 Å². The van der Waals surface area contributed by atoms with E-state index in [9.17, 15) is 0 Å². The van der Waals surface area contributed by atoms with E-state index in [1.54, 1.807) is 0 Å². The summed E-state index contributed by atoms with van der Waals surface area (Å²) in [5.41, 5.74) is 0.0132. The van der Waals surface area contributed by atoms with Gasteiger partial charge in [-0.15, -0.1) is 0 Å². The van der Waals surface area contributed by atoms with Crippen LogP contribution in [0.1, 0.15) is 33.6 Å². The molecule has 12 heavy (non-hydrogen) atoms. The molecule has 1 fully saturated rings. The first kappa shape index (κ1) is 10.0. The van der Waals surface area contributed by atoms with E-state index in [-0.39, 0.29) is 5.60 Å². The summed E-state index contributed by atoms with van der Waals surface area (Å²) in [5, 5.41) is 0. The van der Waals surface area contributed by atoms with E-state index < -0.39 is 0 Å².